The molecule has 0 bridgehead atoms. The molecule has 0 saturated heterocycles. The molecule has 2 amide bonds. The van der Waals surface area contributed by atoms with E-state index in [0.29, 0.717) is 24.3 Å². The Morgan fingerprint density at radius 3 is 2.53 bits per heavy atom. The minimum Gasteiger partial charge on any atom is -0.364 e. The third-order valence-corrected chi connectivity index (χ3v) is 6.49. The number of carbonyl (C=O) groups excluding carboxylic acids is 2. The van der Waals surface area contributed by atoms with Gasteiger partial charge in [-0.05, 0) is 47.8 Å². The molecule has 1 saturated carbocycles. The lowest BCUT2D eigenvalue weighted by molar-refractivity contribution is -0.129. The smallest absolute Gasteiger partial charge is 0.267 e. The van der Waals surface area contributed by atoms with Crippen LogP contribution >= 0.6 is 0 Å². The second kappa shape index (κ2) is 9.88. The molecule has 5 nitrogen and oxygen atoms in total. The average Bonchev–Trinajstić information content (AvgIpc) is 2.74. The summed E-state index contributed by atoms with van der Waals surface area (Å²) >= 11 is 0. The van der Waals surface area contributed by atoms with Crippen LogP contribution in [-0.2, 0) is 4.79 Å². The summed E-state index contributed by atoms with van der Waals surface area (Å²) in [5.41, 5.74) is 7.60. The first-order valence-electron chi connectivity index (χ1n) is 11.0. The summed E-state index contributed by atoms with van der Waals surface area (Å²) in [5, 5.41) is 3.20. The lowest BCUT2D eigenvalue weighted by Gasteiger charge is -2.36. The second-order valence-corrected chi connectivity index (χ2v) is 8.95. The van der Waals surface area contributed by atoms with Gasteiger partial charge in [0.1, 0.15) is 5.69 Å². The van der Waals surface area contributed by atoms with E-state index in [2.05, 4.69) is 31.1 Å². The van der Waals surface area contributed by atoms with Gasteiger partial charge in [-0.1, -0.05) is 63.6 Å². The quantitative estimate of drug-likeness (QED) is 0.723. The van der Waals surface area contributed by atoms with Gasteiger partial charge >= 0.3 is 0 Å². The van der Waals surface area contributed by atoms with Crippen LogP contribution < -0.4 is 11.1 Å². The molecule has 160 valence electrons. The number of benzene rings is 1. The number of amides is 2. The van der Waals surface area contributed by atoms with Crippen LogP contribution in [0.4, 0.5) is 0 Å². The van der Waals surface area contributed by atoms with Crippen molar-refractivity contribution in [1.29, 1.82) is 0 Å². The normalized spacial score (nSPS) is 22.5. The maximum atomic E-state index is 13.2. The van der Waals surface area contributed by atoms with E-state index in [9.17, 15) is 9.59 Å². The predicted octanol–water partition coefficient (Wildman–Crippen LogP) is 4.14. The van der Waals surface area contributed by atoms with Gasteiger partial charge in [-0.2, -0.15) is 0 Å². The largest absolute Gasteiger partial charge is 0.364 e. The van der Waals surface area contributed by atoms with E-state index in [4.69, 9.17) is 5.73 Å². The Bertz CT molecular complexity index is 866. The number of pyridine rings is 1. The Morgan fingerprint density at radius 1 is 1.13 bits per heavy atom. The molecular weight excluding hydrogens is 374 g/mol. The standard InChI is InChI=1S/C25H33N3O2/c1-16(2)19-12-11-17(3)14-21(19)25(30)28-15-22(18-8-5-4-6-9-18)20-10-7-13-27-23(20)24(26)29/h4-10,13,16-17,19,21-22H,11-12,14-15H2,1-3H3,(H2,26,29)(H,28,30)/t17-,19+,21-,22+/m1/s1. The van der Waals surface area contributed by atoms with Crippen molar-refractivity contribution in [3.8, 4) is 0 Å². The van der Waals surface area contributed by atoms with Gasteiger partial charge in [0, 0.05) is 24.6 Å². The first-order chi connectivity index (χ1) is 14.4. The number of hydrogen-bond donors (Lipinski definition) is 2. The first kappa shape index (κ1) is 22.0. The van der Waals surface area contributed by atoms with Crippen LogP contribution in [0.15, 0.2) is 48.7 Å². The van der Waals surface area contributed by atoms with Crippen molar-refractivity contribution in [2.45, 2.75) is 46.0 Å². The van der Waals surface area contributed by atoms with Crippen molar-refractivity contribution < 1.29 is 9.59 Å². The van der Waals surface area contributed by atoms with E-state index in [1.54, 1.807) is 12.3 Å². The predicted molar refractivity (Wildman–Crippen MR) is 119 cm³/mol. The molecule has 5 heteroatoms. The van der Waals surface area contributed by atoms with Crippen molar-refractivity contribution in [2.75, 3.05) is 6.54 Å². The molecule has 0 spiro atoms. The molecule has 0 unspecified atom stereocenters. The van der Waals surface area contributed by atoms with Gasteiger partial charge in [-0.25, -0.2) is 0 Å². The maximum absolute atomic E-state index is 13.2. The van der Waals surface area contributed by atoms with Crippen molar-refractivity contribution in [1.82, 2.24) is 10.3 Å². The lowest BCUT2D eigenvalue weighted by Crippen LogP contribution is -2.41. The Kier molecular flexibility index (Phi) is 7.24. The fraction of sp³-hybridized carbons (Fsp3) is 0.480. The number of primary amides is 1. The van der Waals surface area contributed by atoms with Crippen LogP contribution in [-0.4, -0.2) is 23.3 Å². The summed E-state index contributed by atoms with van der Waals surface area (Å²) in [5.74, 6) is 0.874. The Hall–Kier alpha value is -2.69. The zero-order valence-electron chi connectivity index (χ0n) is 18.2. The summed E-state index contributed by atoms with van der Waals surface area (Å²) in [4.78, 5) is 29.4. The number of nitrogens with one attached hydrogen (secondary N) is 1. The average molecular weight is 408 g/mol. The number of hydrogen-bond acceptors (Lipinski definition) is 3. The van der Waals surface area contributed by atoms with Crippen molar-refractivity contribution >= 4 is 11.8 Å². The zero-order valence-corrected chi connectivity index (χ0v) is 18.2. The van der Waals surface area contributed by atoms with Gasteiger partial charge in [-0.15, -0.1) is 0 Å². The highest BCUT2D eigenvalue weighted by molar-refractivity contribution is 5.92. The molecular formula is C25H33N3O2. The Balaban J connectivity index is 1.84. The maximum Gasteiger partial charge on any atom is 0.267 e. The summed E-state index contributed by atoms with van der Waals surface area (Å²) in [7, 11) is 0. The van der Waals surface area contributed by atoms with E-state index in [-0.39, 0.29) is 23.4 Å². The van der Waals surface area contributed by atoms with E-state index in [1.165, 1.54) is 6.42 Å². The van der Waals surface area contributed by atoms with Crippen LogP contribution in [0.5, 0.6) is 0 Å². The summed E-state index contributed by atoms with van der Waals surface area (Å²) in [6, 6.07) is 13.6. The molecule has 1 aliphatic rings. The van der Waals surface area contributed by atoms with E-state index in [1.807, 2.05) is 36.4 Å². The monoisotopic (exact) mass is 407 g/mol. The molecule has 1 aromatic heterocycles. The molecule has 4 atom stereocenters. The highest BCUT2D eigenvalue weighted by atomic mass is 16.2. The molecule has 0 radical (unpaired) electrons. The molecule has 1 heterocycles. The van der Waals surface area contributed by atoms with Gasteiger partial charge in [0.25, 0.3) is 5.91 Å². The van der Waals surface area contributed by atoms with E-state index in [0.717, 1.165) is 24.0 Å². The summed E-state index contributed by atoms with van der Waals surface area (Å²) in [6.07, 6.45) is 4.80. The first-order valence-corrected chi connectivity index (χ1v) is 11.0. The summed E-state index contributed by atoms with van der Waals surface area (Å²) < 4.78 is 0. The topological polar surface area (TPSA) is 85.1 Å². The minimum absolute atomic E-state index is 0.0367. The van der Waals surface area contributed by atoms with Gasteiger partial charge in [0.05, 0.1) is 0 Å². The summed E-state index contributed by atoms with van der Waals surface area (Å²) in [6.45, 7) is 7.06. The fourth-order valence-corrected chi connectivity index (χ4v) is 4.83. The number of rotatable bonds is 7. The Labute approximate surface area is 179 Å². The number of nitrogens with zero attached hydrogens (tertiary/aromatic N) is 1. The molecule has 0 aliphatic heterocycles. The number of nitrogens with two attached hydrogens (primary N) is 1. The molecule has 1 aliphatic carbocycles. The zero-order chi connectivity index (χ0) is 21.7. The van der Waals surface area contributed by atoms with Crippen molar-refractivity contribution in [3.05, 3.63) is 65.5 Å². The lowest BCUT2D eigenvalue weighted by atomic mass is 9.69. The molecule has 30 heavy (non-hydrogen) atoms. The van der Waals surface area contributed by atoms with Crippen molar-refractivity contribution in [3.63, 3.8) is 0 Å². The molecule has 1 aromatic carbocycles. The van der Waals surface area contributed by atoms with Gasteiger partial charge < -0.3 is 11.1 Å². The van der Waals surface area contributed by atoms with Crippen LogP contribution in [0.2, 0.25) is 0 Å². The van der Waals surface area contributed by atoms with Gasteiger partial charge in [0.15, 0.2) is 0 Å². The number of carbonyl (C=O) groups is 2. The third kappa shape index (κ3) is 5.07. The molecule has 3 N–H and O–H groups in total. The second-order valence-electron chi connectivity index (χ2n) is 8.95. The fourth-order valence-electron chi connectivity index (χ4n) is 4.83. The third-order valence-electron chi connectivity index (χ3n) is 6.49. The van der Waals surface area contributed by atoms with Gasteiger partial charge in [-0.3, -0.25) is 14.6 Å². The highest BCUT2D eigenvalue weighted by Crippen LogP contribution is 2.38. The van der Waals surface area contributed by atoms with Crippen LogP contribution in [0.3, 0.4) is 0 Å². The molecule has 2 aromatic rings. The van der Waals surface area contributed by atoms with Gasteiger partial charge in [0.2, 0.25) is 5.91 Å². The SMILES string of the molecule is CC(C)[C@@H]1CC[C@@H](C)C[C@H]1C(=O)NC[C@@H](c1ccccc1)c1cccnc1C(N)=O. The van der Waals surface area contributed by atoms with Crippen molar-refractivity contribution in [2.24, 2.45) is 29.4 Å². The Morgan fingerprint density at radius 2 is 1.87 bits per heavy atom. The van der Waals surface area contributed by atoms with Crippen LogP contribution in [0.1, 0.15) is 67.6 Å². The highest BCUT2D eigenvalue weighted by Gasteiger charge is 2.35. The van der Waals surface area contributed by atoms with E-state index < -0.39 is 5.91 Å². The molecule has 1 fully saturated rings. The van der Waals surface area contributed by atoms with E-state index >= 15 is 0 Å². The molecule has 3 rings (SSSR count). The minimum atomic E-state index is -0.557. The number of aromatic nitrogens is 1. The van der Waals surface area contributed by atoms with Crippen LogP contribution in [0, 0.1) is 23.7 Å². The van der Waals surface area contributed by atoms with Crippen LogP contribution in [0.25, 0.3) is 0 Å².